The molecule has 0 unspecified atom stereocenters. The Hall–Kier alpha value is -8.76. The number of hydrogen-bond acceptors (Lipinski definition) is 1. The fourth-order valence-corrected chi connectivity index (χ4v) is 17.5. The van der Waals surface area contributed by atoms with Crippen molar-refractivity contribution in [3.8, 4) is 50.2 Å². The molecular formula is C69H50N2Si. The second-order valence-corrected chi connectivity index (χ2v) is 22.9. The molecule has 0 amide bonds. The maximum Gasteiger partial charge on any atom is 0.180 e. The first-order valence-corrected chi connectivity index (χ1v) is 26.7. The molecule has 0 radical (unpaired) electrons. The van der Waals surface area contributed by atoms with Crippen molar-refractivity contribution in [3.05, 3.63) is 278 Å². The SMILES string of the molecule is [2H]C([2H])([2H])C1(C([2H])([2H])[2H])c2ccccc2-c2cccc(-c3ccc(N(c4ccc(-c5cccc([Si]6(c7ccccc7)c7ccccc7-c7ccccc76)c5)cc4)c4ccc5c(c4)c4ccccc4n5-c4ccccc4)cc3)c21. The van der Waals surface area contributed by atoms with Crippen molar-refractivity contribution in [3.63, 3.8) is 0 Å². The maximum atomic E-state index is 8.98. The van der Waals surface area contributed by atoms with Crippen molar-refractivity contribution in [2.24, 2.45) is 0 Å². The number of benzene rings is 11. The summed E-state index contributed by atoms with van der Waals surface area (Å²) in [5.41, 5.74) is 11.9. The van der Waals surface area contributed by atoms with Crippen LogP contribution in [0, 0.1) is 0 Å². The van der Waals surface area contributed by atoms with E-state index in [1.54, 1.807) is 12.1 Å². The lowest BCUT2D eigenvalue weighted by Crippen LogP contribution is -2.72. The molecule has 2 nitrogen and oxygen atoms in total. The Bertz CT molecular complexity index is 4240. The van der Waals surface area contributed by atoms with Crippen LogP contribution in [0.5, 0.6) is 0 Å². The monoisotopic (exact) mass is 940 g/mol. The molecule has 2 aliphatic rings. The van der Waals surface area contributed by atoms with Gasteiger partial charge in [0, 0.05) is 47.2 Å². The van der Waals surface area contributed by atoms with Gasteiger partial charge in [-0.25, -0.2) is 0 Å². The van der Waals surface area contributed by atoms with Gasteiger partial charge in [0.25, 0.3) is 0 Å². The number of hydrogen-bond donors (Lipinski definition) is 0. The van der Waals surface area contributed by atoms with Gasteiger partial charge in [-0.2, -0.15) is 0 Å². The molecule has 1 aliphatic heterocycles. The van der Waals surface area contributed by atoms with E-state index < -0.39 is 27.2 Å². The predicted molar refractivity (Wildman–Crippen MR) is 307 cm³/mol. The molecular weight excluding hydrogens is 885 g/mol. The fourth-order valence-electron chi connectivity index (χ4n) is 12.2. The van der Waals surface area contributed by atoms with Crippen LogP contribution in [0.15, 0.2) is 267 Å². The third-order valence-electron chi connectivity index (χ3n) is 15.3. The van der Waals surface area contributed by atoms with Crippen LogP contribution in [-0.2, 0) is 5.41 Å². The van der Waals surface area contributed by atoms with Gasteiger partial charge in [0.1, 0.15) is 0 Å². The first-order chi connectivity index (χ1) is 38.0. The number of nitrogens with zero attached hydrogens (tertiary/aromatic N) is 2. The normalized spacial score (nSPS) is 15.2. The standard InChI is InChI=1S/C69H50N2Si/c1-69(2)63-31-13-9-25-57(63)61-30-18-29-56(68(61)69)48-37-41-52(42-38-48)70(53-43-44-65-62(46-53)58-26-10-14-32-64(58)71(65)50-20-5-3-6-21-50)51-39-35-47(36-40-51)49-19-17-24-55(45-49)72(54-22-7-4-8-23-54)66-33-15-11-27-59(66)60-28-12-16-34-67(60)72/h3-46H,1-2H3/i1D3,2D3. The second kappa shape index (κ2) is 16.4. The minimum absolute atomic E-state index is 0.307. The van der Waals surface area contributed by atoms with E-state index >= 15 is 0 Å². The second-order valence-electron chi connectivity index (χ2n) is 19.1. The van der Waals surface area contributed by atoms with Gasteiger partial charge >= 0.3 is 0 Å². The fraction of sp³-hybridized carbons (Fsp3) is 0.0435. The summed E-state index contributed by atoms with van der Waals surface area (Å²) in [5.74, 6) is 0. The summed E-state index contributed by atoms with van der Waals surface area (Å²) in [6.07, 6.45) is 0. The van der Waals surface area contributed by atoms with Crippen LogP contribution < -0.4 is 25.6 Å². The molecule has 2 heterocycles. The average Bonchev–Trinajstić information content (AvgIpc) is 4.29. The Labute approximate surface area is 430 Å². The van der Waals surface area contributed by atoms with Crippen LogP contribution in [0.3, 0.4) is 0 Å². The molecule has 0 saturated heterocycles. The minimum atomic E-state index is -2.89. The Morgan fingerprint density at radius 1 is 0.375 bits per heavy atom. The average molecular weight is 941 g/mol. The predicted octanol–water partition coefficient (Wildman–Crippen LogP) is 15.3. The first kappa shape index (κ1) is 36.2. The minimum Gasteiger partial charge on any atom is -0.310 e. The molecule has 12 aromatic rings. The molecule has 3 heteroatoms. The molecule has 0 atom stereocenters. The summed E-state index contributed by atoms with van der Waals surface area (Å²) < 4.78 is 56.2. The summed E-state index contributed by atoms with van der Waals surface area (Å²) in [6.45, 7) is -5.78. The van der Waals surface area contributed by atoms with E-state index in [0.717, 1.165) is 61.2 Å². The van der Waals surface area contributed by atoms with Gasteiger partial charge in [0.15, 0.2) is 8.07 Å². The maximum absolute atomic E-state index is 8.98. The molecule has 1 aromatic heterocycles. The molecule has 11 aromatic carbocycles. The van der Waals surface area contributed by atoms with Crippen molar-refractivity contribution < 1.29 is 8.22 Å². The van der Waals surface area contributed by atoms with Crippen molar-refractivity contribution >= 4 is 67.7 Å². The lowest BCUT2D eigenvalue weighted by Gasteiger charge is -2.31. The zero-order valence-electron chi connectivity index (χ0n) is 45.3. The highest BCUT2D eigenvalue weighted by atomic mass is 28.3. The molecule has 340 valence electrons. The molecule has 0 saturated carbocycles. The topological polar surface area (TPSA) is 8.17 Å². The van der Waals surface area contributed by atoms with Crippen LogP contribution in [0.4, 0.5) is 17.1 Å². The number of aromatic nitrogens is 1. The highest BCUT2D eigenvalue weighted by Crippen LogP contribution is 2.52. The number of para-hydroxylation sites is 2. The van der Waals surface area contributed by atoms with E-state index in [4.69, 9.17) is 8.22 Å². The Morgan fingerprint density at radius 3 is 1.64 bits per heavy atom. The van der Waals surface area contributed by atoms with E-state index in [9.17, 15) is 0 Å². The summed E-state index contributed by atoms with van der Waals surface area (Å²) in [7, 11) is -2.71. The third kappa shape index (κ3) is 6.27. The first-order valence-electron chi connectivity index (χ1n) is 27.7. The highest BCUT2D eigenvalue weighted by Gasteiger charge is 2.48. The number of rotatable bonds is 8. The zero-order valence-corrected chi connectivity index (χ0v) is 40.3. The van der Waals surface area contributed by atoms with Crippen LogP contribution in [0.2, 0.25) is 0 Å². The van der Waals surface area contributed by atoms with Crippen LogP contribution in [0.1, 0.15) is 33.1 Å². The van der Waals surface area contributed by atoms with Crippen molar-refractivity contribution in [1.82, 2.24) is 4.57 Å². The zero-order chi connectivity index (χ0) is 53.0. The van der Waals surface area contributed by atoms with Gasteiger partial charge < -0.3 is 9.47 Å². The molecule has 1 aliphatic carbocycles. The van der Waals surface area contributed by atoms with Crippen molar-refractivity contribution in [2.45, 2.75) is 19.1 Å². The summed E-state index contributed by atoms with van der Waals surface area (Å²) in [6, 6.07) is 93.5. The number of fused-ring (bicyclic) bond motifs is 9. The van der Waals surface area contributed by atoms with E-state index in [1.165, 1.54) is 31.9 Å². The van der Waals surface area contributed by atoms with Gasteiger partial charge in [0.05, 0.1) is 11.0 Å². The van der Waals surface area contributed by atoms with E-state index in [1.807, 2.05) is 48.5 Å². The van der Waals surface area contributed by atoms with E-state index in [-0.39, 0.29) is 0 Å². The van der Waals surface area contributed by atoms with Crippen molar-refractivity contribution in [1.29, 1.82) is 0 Å². The lowest BCUT2D eigenvalue weighted by atomic mass is 9.79. The largest absolute Gasteiger partial charge is 0.310 e. The Morgan fingerprint density at radius 2 is 0.917 bits per heavy atom. The van der Waals surface area contributed by atoms with Gasteiger partial charge in [-0.3, -0.25) is 0 Å². The van der Waals surface area contributed by atoms with E-state index in [0.29, 0.717) is 27.8 Å². The lowest BCUT2D eigenvalue weighted by molar-refractivity contribution is 0.662. The molecule has 0 fully saturated rings. The van der Waals surface area contributed by atoms with Crippen molar-refractivity contribution in [2.75, 3.05) is 4.90 Å². The van der Waals surface area contributed by atoms with E-state index in [2.05, 4.69) is 216 Å². The Balaban J connectivity index is 0.915. The highest BCUT2D eigenvalue weighted by molar-refractivity contribution is 7.22. The molecule has 0 spiro atoms. The third-order valence-corrected chi connectivity index (χ3v) is 20.2. The molecule has 72 heavy (non-hydrogen) atoms. The summed E-state index contributed by atoms with van der Waals surface area (Å²) in [4.78, 5) is 2.27. The van der Waals surface area contributed by atoms with Crippen LogP contribution in [0.25, 0.3) is 72.0 Å². The number of anilines is 3. The smallest absolute Gasteiger partial charge is 0.180 e. The molecule has 0 bridgehead atoms. The van der Waals surface area contributed by atoms with Gasteiger partial charge in [-0.05, 0) is 137 Å². The van der Waals surface area contributed by atoms with Gasteiger partial charge in [0.2, 0.25) is 0 Å². The molecule has 14 rings (SSSR count). The summed E-state index contributed by atoms with van der Waals surface area (Å²) in [5, 5.41) is 7.76. The summed E-state index contributed by atoms with van der Waals surface area (Å²) >= 11 is 0. The quantitative estimate of drug-likeness (QED) is 0.138. The van der Waals surface area contributed by atoms with Crippen LogP contribution >= 0.6 is 0 Å². The Kier molecular flexibility index (Phi) is 8.26. The van der Waals surface area contributed by atoms with Crippen LogP contribution in [-0.4, -0.2) is 12.6 Å². The van der Waals surface area contributed by atoms with Gasteiger partial charge in [-0.1, -0.05) is 220 Å². The van der Waals surface area contributed by atoms with Gasteiger partial charge in [-0.15, -0.1) is 0 Å². The molecule has 0 N–H and O–H groups in total.